The number of amides is 2. The number of carbonyl (C=O) groups is 2. The molecule has 1 N–H and O–H groups in total. The van der Waals surface area contributed by atoms with Gasteiger partial charge in [-0.2, -0.15) is 0 Å². The molecule has 1 spiro atoms. The Hall–Kier alpha value is -3.58. The van der Waals surface area contributed by atoms with E-state index in [4.69, 9.17) is 14.2 Å². The van der Waals surface area contributed by atoms with Gasteiger partial charge in [0.25, 0.3) is 11.8 Å². The summed E-state index contributed by atoms with van der Waals surface area (Å²) in [6.45, 7) is 5.81. The smallest absolute Gasteiger partial charge is 0.286 e. The van der Waals surface area contributed by atoms with E-state index in [2.05, 4.69) is 51.3 Å². The lowest BCUT2D eigenvalue weighted by atomic mass is 9.70. The van der Waals surface area contributed by atoms with Crippen molar-refractivity contribution in [1.29, 1.82) is 0 Å². The number of thioether (sulfide) groups is 1. The van der Waals surface area contributed by atoms with E-state index in [9.17, 15) is 13.8 Å². The lowest BCUT2D eigenvalue weighted by Crippen LogP contribution is -2.48. The minimum Gasteiger partial charge on any atom is -0.490 e. The second-order valence-electron chi connectivity index (χ2n) is 14.5. The van der Waals surface area contributed by atoms with Crippen molar-refractivity contribution in [2.24, 2.45) is 16.2 Å². The van der Waals surface area contributed by atoms with Crippen LogP contribution < -0.4 is 14.4 Å². The molecule has 270 valence electrons. The van der Waals surface area contributed by atoms with E-state index in [0.717, 1.165) is 55.2 Å². The van der Waals surface area contributed by atoms with Crippen molar-refractivity contribution < 1.29 is 28.0 Å². The molecule has 51 heavy (non-hydrogen) atoms. The first-order valence-corrected chi connectivity index (χ1v) is 20.7. The summed E-state index contributed by atoms with van der Waals surface area (Å²) in [5, 5.41) is 0. The zero-order chi connectivity index (χ0) is 35.2. The first kappa shape index (κ1) is 34.5. The predicted molar refractivity (Wildman–Crippen MR) is 200 cm³/mol. The Bertz CT molecular complexity index is 1980. The average molecular weight is 731 g/mol. The highest BCUT2D eigenvalue weighted by Gasteiger charge is 2.45. The summed E-state index contributed by atoms with van der Waals surface area (Å²) < 4.78 is 41.3. The molecule has 2 aromatic carbocycles. The van der Waals surface area contributed by atoms with Gasteiger partial charge in [-0.15, -0.1) is 16.1 Å². The van der Waals surface area contributed by atoms with Crippen LogP contribution in [0.25, 0.3) is 0 Å². The van der Waals surface area contributed by atoms with Crippen LogP contribution in [-0.4, -0.2) is 71.6 Å². The first-order chi connectivity index (χ1) is 24.7. The van der Waals surface area contributed by atoms with Crippen LogP contribution in [0.15, 0.2) is 65.2 Å². The van der Waals surface area contributed by atoms with Gasteiger partial charge in [0.15, 0.2) is 0 Å². The fourth-order valence-electron chi connectivity index (χ4n) is 8.29. The van der Waals surface area contributed by atoms with E-state index >= 15 is 0 Å². The third-order valence-electron chi connectivity index (χ3n) is 11.2. The van der Waals surface area contributed by atoms with Gasteiger partial charge in [-0.05, 0) is 92.0 Å². The number of hydrogen-bond donors (Lipinski definition) is 1. The molecule has 2 amide bonds. The van der Waals surface area contributed by atoms with Gasteiger partial charge in [0, 0.05) is 44.2 Å². The molecule has 1 fully saturated rings. The number of hydrogen-bond acceptors (Lipinski definition) is 8. The summed E-state index contributed by atoms with van der Waals surface area (Å²) in [5.74, 6) is 1.39. The van der Waals surface area contributed by atoms with Gasteiger partial charge in [-0.25, -0.2) is 4.21 Å². The number of rotatable bonds is 3. The number of fused-ring (bicyclic) bond motifs is 5. The Labute approximate surface area is 304 Å². The minimum absolute atomic E-state index is 0.0346. The van der Waals surface area contributed by atoms with Crippen LogP contribution in [0.3, 0.4) is 0 Å². The normalized spacial score (nSPS) is 29.6. The largest absolute Gasteiger partial charge is 0.490 e. The molecule has 1 aromatic heterocycles. The van der Waals surface area contributed by atoms with Gasteiger partial charge in [0.1, 0.15) is 22.3 Å². The van der Waals surface area contributed by atoms with Gasteiger partial charge in [-0.1, -0.05) is 35.9 Å². The van der Waals surface area contributed by atoms with Crippen LogP contribution in [0.2, 0.25) is 0 Å². The third kappa shape index (κ3) is 6.88. The summed E-state index contributed by atoms with van der Waals surface area (Å²) in [6.07, 6.45) is 10.2. The third-order valence-corrected chi connectivity index (χ3v) is 14.4. The number of benzene rings is 2. The van der Waals surface area contributed by atoms with Crippen molar-refractivity contribution in [3.8, 4) is 5.75 Å². The topological polar surface area (TPSA) is 111 Å². The molecule has 2 bridgehead atoms. The van der Waals surface area contributed by atoms with E-state index in [1.807, 2.05) is 28.5 Å². The van der Waals surface area contributed by atoms with Gasteiger partial charge >= 0.3 is 0 Å². The molecule has 5 aliphatic rings. The number of anilines is 1. The number of nitrogens with one attached hydrogen (secondary N) is 1. The van der Waals surface area contributed by atoms with Crippen LogP contribution in [0.4, 0.5) is 5.69 Å². The van der Waals surface area contributed by atoms with Crippen LogP contribution in [0.5, 0.6) is 5.75 Å². The molecule has 8 rings (SSSR count). The Morgan fingerprint density at radius 2 is 2.08 bits per heavy atom. The molecule has 1 unspecified atom stereocenters. The van der Waals surface area contributed by atoms with Crippen LogP contribution in [-0.2, 0) is 43.7 Å². The summed E-state index contributed by atoms with van der Waals surface area (Å²) in [5.41, 5.74) is 6.37. The number of allylic oxidation sites excluding steroid dienone is 1. The summed E-state index contributed by atoms with van der Waals surface area (Å²) in [4.78, 5) is 29.9. The zero-order valence-corrected chi connectivity index (χ0v) is 30.9. The monoisotopic (exact) mass is 730 g/mol. The summed E-state index contributed by atoms with van der Waals surface area (Å²) in [6, 6.07) is 13.9. The van der Waals surface area contributed by atoms with E-state index in [-0.39, 0.29) is 16.6 Å². The molecular weight excluding hydrogens is 685 g/mol. The second-order valence-corrected chi connectivity index (χ2v) is 18.1. The number of carbonyl (C=O) groups excluding carboxylic acids is 2. The van der Waals surface area contributed by atoms with Crippen molar-refractivity contribution in [3.05, 3.63) is 94.3 Å². The molecule has 0 radical (unpaired) electrons. The maximum Gasteiger partial charge on any atom is 0.286 e. The Morgan fingerprint density at radius 3 is 2.90 bits per heavy atom. The predicted octanol–water partition coefficient (Wildman–Crippen LogP) is 6.05. The molecule has 12 heteroatoms. The van der Waals surface area contributed by atoms with E-state index < -0.39 is 21.7 Å². The first-order valence-electron chi connectivity index (χ1n) is 18.1. The van der Waals surface area contributed by atoms with E-state index in [1.165, 1.54) is 16.7 Å². The van der Waals surface area contributed by atoms with Crippen LogP contribution >= 0.6 is 11.8 Å². The number of methoxy groups -OCH3 is 1. The van der Waals surface area contributed by atoms with Gasteiger partial charge in [-0.3, -0.25) is 14.3 Å². The molecular formula is C39H46N4O6S2. The van der Waals surface area contributed by atoms with E-state index in [0.29, 0.717) is 62.2 Å². The average Bonchev–Trinajstić information content (AvgIpc) is 3.49. The number of aromatic nitrogens is 1. The maximum absolute atomic E-state index is 14.4. The Morgan fingerprint density at radius 1 is 1.18 bits per heavy atom. The van der Waals surface area contributed by atoms with Gasteiger partial charge in [0.05, 0.1) is 41.1 Å². The van der Waals surface area contributed by atoms with Crippen LogP contribution in [0.1, 0.15) is 68.8 Å². The maximum atomic E-state index is 14.4. The Balaban J connectivity index is 1.17. The summed E-state index contributed by atoms with van der Waals surface area (Å²) in [7, 11) is -1.70. The molecule has 10 nitrogen and oxygen atoms in total. The second kappa shape index (κ2) is 14.1. The highest BCUT2D eigenvalue weighted by Crippen LogP contribution is 2.49. The molecule has 4 aliphatic heterocycles. The fourth-order valence-corrected chi connectivity index (χ4v) is 11.3. The lowest BCUT2D eigenvalue weighted by Gasteiger charge is -2.45. The lowest BCUT2D eigenvalue weighted by molar-refractivity contribution is 0.0134. The van der Waals surface area contributed by atoms with Gasteiger partial charge < -0.3 is 23.7 Å². The number of ether oxygens (including phenoxy) is 3. The molecule has 0 saturated heterocycles. The molecule has 1 saturated carbocycles. The minimum atomic E-state index is -3.47. The summed E-state index contributed by atoms with van der Waals surface area (Å²) >= 11 is 1.96. The van der Waals surface area contributed by atoms with E-state index in [1.54, 1.807) is 25.4 Å². The molecule has 3 aromatic rings. The highest BCUT2D eigenvalue weighted by atomic mass is 32.2. The number of aryl methyl sites for hydroxylation is 2. The molecule has 5 heterocycles. The highest BCUT2D eigenvalue weighted by molar-refractivity contribution is 8.00. The molecule has 5 atom stereocenters. The van der Waals surface area contributed by atoms with Gasteiger partial charge in [0.2, 0.25) is 0 Å². The van der Waals surface area contributed by atoms with Crippen LogP contribution in [0, 0.1) is 18.8 Å². The van der Waals surface area contributed by atoms with Crippen molar-refractivity contribution >= 4 is 39.2 Å². The van der Waals surface area contributed by atoms with Crippen molar-refractivity contribution in [1.82, 2.24) is 9.29 Å². The van der Waals surface area contributed by atoms with Crippen molar-refractivity contribution in [2.75, 3.05) is 49.8 Å². The zero-order valence-electron chi connectivity index (χ0n) is 29.3. The quantitative estimate of drug-likeness (QED) is 0.324. The number of nitrogens with zero attached hydrogens (tertiary/aromatic N) is 3. The van der Waals surface area contributed by atoms with Crippen molar-refractivity contribution in [3.63, 3.8) is 0 Å². The molecule has 1 aliphatic carbocycles. The SMILES string of the molecule is CO[C@H]1/C=C/CCCS(=O)(NC(=O)c2cc3n(c2)CCOC3)=NC(=O)c2ccc3c(c2)N(C[C@@H]2CC[C@H]21)C[C@]1(CO3)SCCc2cc(C)ccc21. The van der Waals surface area contributed by atoms with Crippen molar-refractivity contribution in [2.45, 2.75) is 63.0 Å². The Kier molecular flexibility index (Phi) is 9.54. The standard InChI is InChI=1S/C39H46N4O6S2/c1-26-7-11-33-27(18-26)13-16-50-39(33)24-43-21-29-8-10-32(29)35(47-2)6-4-3-5-17-51(46,40-37(44)28-9-12-36(49-25-39)34(43)20-28)41-38(45)30-19-31-23-48-15-14-42(31)22-30/h4,6-7,9,11-12,18-20,22,29,32,35H,3,5,8,10,13-17,21,23-25H2,1-2H3,(H,40,41,44,45,46)/b6-4+/t29-,32+,35-,39+,51?/m0/s1. The fraction of sp³-hybridized carbons (Fsp3) is 0.487.